The minimum Gasteiger partial charge on any atom is -0.393 e. The van der Waals surface area contributed by atoms with E-state index in [0.29, 0.717) is 5.92 Å². The first-order valence-electron chi connectivity index (χ1n) is 4.84. The first-order valence-corrected chi connectivity index (χ1v) is 4.84. The molecule has 0 saturated heterocycles. The molecule has 0 aromatic heterocycles. The highest BCUT2D eigenvalue weighted by Gasteiger charge is 2.60. The van der Waals surface area contributed by atoms with E-state index in [4.69, 9.17) is 5.11 Å². The van der Waals surface area contributed by atoms with E-state index in [2.05, 4.69) is 13.8 Å². The standard InChI is InChI=1S/C10H18O2/c1-9(2)7-3-4-10(12,6-11)8(9)5-7/h7-8,11-12H,3-6H2,1-2H3/t7-,8-,10+/m0/s1. The fourth-order valence-electron chi connectivity index (χ4n) is 3.21. The van der Waals surface area contributed by atoms with Crippen LogP contribution in [-0.4, -0.2) is 22.4 Å². The monoisotopic (exact) mass is 170 g/mol. The quantitative estimate of drug-likeness (QED) is 0.620. The summed E-state index contributed by atoms with van der Waals surface area (Å²) in [6, 6.07) is 0. The zero-order valence-electron chi connectivity index (χ0n) is 7.88. The van der Waals surface area contributed by atoms with Crippen LogP contribution < -0.4 is 0 Å². The predicted molar refractivity (Wildman–Crippen MR) is 46.6 cm³/mol. The van der Waals surface area contributed by atoms with Crippen molar-refractivity contribution in [3.8, 4) is 0 Å². The van der Waals surface area contributed by atoms with Crippen LogP contribution >= 0.6 is 0 Å². The van der Waals surface area contributed by atoms with Crippen LogP contribution in [-0.2, 0) is 0 Å². The molecule has 2 N–H and O–H groups in total. The smallest absolute Gasteiger partial charge is 0.0910 e. The van der Waals surface area contributed by atoms with Crippen molar-refractivity contribution < 1.29 is 10.2 Å². The molecule has 0 aliphatic heterocycles. The Morgan fingerprint density at radius 3 is 2.42 bits per heavy atom. The highest BCUT2D eigenvalue weighted by atomic mass is 16.3. The summed E-state index contributed by atoms with van der Waals surface area (Å²) in [5.41, 5.74) is -0.506. The molecule has 3 aliphatic rings. The van der Waals surface area contributed by atoms with E-state index < -0.39 is 5.60 Å². The van der Waals surface area contributed by atoms with Gasteiger partial charge in [0, 0.05) is 0 Å². The molecular formula is C10H18O2. The Balaban J connectivity index is 2.21. The highest BCUT2D eigenvalue weighted by molar-refractivity contribution is 5.10. The molecule has 0 amide bonds. The van der Waals surface area contributed by atoms with Crippen LogP contribution in [0.4, 0.5) is 0 Å². The first kappa shape index (κ1) is 8.52. The molecule has 0 spiro atoms. The summed E-state index contributed by atoms with van der Waals surface area (Å²) in [5.74, 6) is 1.11. The number of aliphatic hydroxyl groups excluding tert-OH is 1. The largest absolute Gasteiger partial charge is 0.393 e. The zero-order chi connectivity index (χ0) is 8.98. The lowest BCUT2D eigenvalue weighted by Crippen LogP contribution is -2.62. The molecule has 0 unspecified atom stereocenters. The van der Waals surface area contributed by atoms with Crippen LogP contribution in [0.5, 0.6) is 0 Å². The maximum atomic E-state index is 10.1. The first-order chi connectivity index (χ1) is 5.50. The lowest BCUT2D eigenvalue weighted by Gasteiger charge is -2.63. The molecule has 70 valence electrons. The maximum absolute atomic E-state index is 10.1. The van der Waals surface area contributed by atoms with Crippen LogP contribution in [0.3, 0.4) is 0 Å². The van der Waals surface area contributed by atoms with E-state index in [9.17, 15) is 5.11 Å². The van der Waals surface area contributed by atoms with Gasteiger partial charge in [0.2, 0.25) is 0 Å². The normalized spacial score (nSPS) is 50.0. The van der Waals surface area contributed by atoms with E-state index in [-0.39, 0.29) is 12.0 Å². The van der Waals surface area contributed by atoms with Crippen molar-refractivity contribution >= 4 is 0 Å². The van der Waals surface area contributed by atoms with Gasteiger partial charge in [0.05, 0.1) is 12.2 Å². The summed E-state index contributed by atoms with van der Waals surface area (Å²) in [7, 11) is 0. The molecule has 3 rings (SSSR count). The van der Waals surface area contributed by atoms with Gasteiger partial charge in [-0.05, 0) is 36.5 Å². The maximum Gasteiger partial charge on any atom is 0.0910 e. The summed E-state index contributed by atoms with van der Waals surface area (Å²) < 4.78 is 0. The summed E-state index contributed by atoms with van der Waals surface area (Å²) >= 11 is 0. The lowest BCUT2D eigenvalue weighted by atomic mass is 9.44. The average Bonchev–Trinajstić information content (AvgIpc) is 2.04. The molecule has 3 fully saturated rings. The van der Waals surface area contributed by atoms with Crippen LogP contribution in [0.2, 0.25) is 0 Å². The molecule has 0 aromatic rings. The number of hydrogen-bond acceptors (Lipinski definition) is 2. The van der Waals surface area contributed by atoms with Crippen LogP contribution in [0.1, 0.15) is 33.1 Å². The van der Waals surface area contributed by atoms with E-state index >= 15 is 0 Å². The van der Waals surface area contributed by atoms with Crippen molar-refractivity contribution in [3.63, 3.8) is 0 Å². The molecule has 0 aromatic carbocycles. The number of rotatable bonds is 1. The minimum atomic E-state index is -0.766. The third-order valence-corrected chi connectivity index (χ3v) is 4.32. The van der Waals surface area contributed by atoms with Gasteiger partial charge in [-0.25, -0.2) is 0 Å². The second kappa shape index (κ2) is 2.24. The Hall–Kier alpha value is -0.0800. The van der Waals surface area contributed by atoms with Crippen molar-refractivity contribution in [1.82, 2.24) is 0 Å². The molecule has 3 atom stereocenters. The third kappa shape index (κ3) is 0.826. The lowest BCUT2D eigenvalue weighted by molar-refractivity contribution is -0.215. The van der Waals surface area contributed by atoms with Gasteiger partial charge in [-0.15, -0.1) is 0 Å². The zero-order valence-corrected chi connectivity index (χ0v) is 7.88. The number of hydrogen-bond donors (Lipinski definition) is 2. The summed E-state index contributed by atoms with van der Waals surface area (Å²) in [6.07, 6.45) is 2.99. The van der Waals surface area contributed by atoms with E-state index in [0.717, 1.165) is 25.2 Å². The molecule has 2 heteroatoms. The fraction of sp³-hybridized carbons (Fsp3) is 1.00. The van der Waals surface area contributed by atoms with E-state index in [1.165, 1.54) is 0 Å². The van der Waals surface area contributed by atoms with Crippen LogP contribution in [0, 0.1) is 17.3 Å². The van der Waals surface area contributed by atoms with Gasteiger partial charge in [-0.1, -0.05) is 13.8 Å². The molecule has 3 saturated carbocycles. The number of fused-ring (bicyclic) bond motifs is 2. The summed E-state index contributed by atoms with van der Waals surface area (Å²) in [5, 5.41) is 19.2. The molecule has 0 radical (unpaired) electrons. The Bertz CT molecular complexity index is 198. The van der Waals surface area contributed by atoms with Crippen LogP contribution in [0.15, 0.2) is 0 Å². The van der Waals surface area contributed by atoms with Gasteiger partial charge in [-0.2, -0.15) is 0 Å². The Morgan fingerprint density at radius 2 is 2.08 bits per heavy atom. The second-order valence-electron chi connectivity index (χ2n) is 5.11. The van der Waals surface area contributed by atoms with Gasteiger partial charge in [0.15, 0.2) is 0 Å². The van der Waals surface area contributed by atoms with E-state index in [1.54, 1.807) is 0 Å². The van der Waals surface area contributed by atoms with Crippen molar-refractivity contribution in [1.29, 1.82) is 0 Å². The Labute approximate surface area is 73.6 Å². The van der Waals surface area contributed by atoms with Crippen molar-refractivity contribution in [2.75, 3.05) is 6.61 Å². The van der Waals surface area contributed by atoms with Gasteiger partial charge in [0.25, 0.3) is 0 Å². The minimum absolute atomic E-state index is 0.0617. The SMILES string of the molecule is CC1(C)[C@H]2CC[C@@](O)(CO)[C@H]1C2. The van der Waals surface area contributed by atoms with Gasteiger partial charge < -0.3 is 10.2 Å². The Morgan fingerprint density at radius 1 is 1.42 bits per heavy atom. The molecule has 2 bridgehead atoms. The van der Waals surface area contributed by atoms with Crippen molar-refractivity contribution in [3.05, 3.63) is 0 Å². The third-order valence-electron chi connectivity index (χ3n) is 4.32. The second-order valence-corrected chi connectivity index (χ2v) is 5.11. The van der Waals surface area contributed by atoms with Gasteiger partial charge >= 0.3 is 0 Å². The van der Waals surface area contributed by atoms with Crippen LogP contribution in [0.25, 0.3) is 0 Å². The topological polar surface area (TPSA) is 40.5 Å². The Kier molecular flexibility index (Phi) is 1.59. The predicted octanol–water partition coefficient (Wildman–Crippen LogP) is 1.17. The molecule has 12 heavy (non-hydrogen) atoms. The van der Waals surface area contributed by atoms with Crippen molar-refractivity contribution in [2.24, 2.45) is 17.3 Å². The van der Waals surface area contributed by atoms with Gasteiger partial charge in [-0.3, -0.25) is 0 Å². The molecular weight excluding hydrogens is 152 g/mol. The average molecular weight is 170 g/mol. The van der Waals surface area contributed by atoms with Gasteiger partial charge in [0.1, 0.15) is 0 Å². The fourth-order valence-corrected chi connectivity index (χ4v) is 3.21. The number of aliphatic hydroxyl groups is 2. The van der Waals surface area contributed by atoms with E-state index in [1.807, 2.05) is 0 Å². The summed E-state index contributed by atoms with van der Waals surface area (Å²) in [4.78, 5) is 0. The molecule has 3 aliphatic carbocycles. The highest BCUT2D eigenvalue weighted by Crippen LogP contribution is 2.62. The summed E-state index contributed by atoms with van der Waals surface area (Å²) in [6.45, 7) is 4.37. The van der Waals surface area contributed by atoms with Crippen molar-refractivity contribution in [2.45, 2.75) is 38.7 Å². The molecule has 2 nitrogen and oxygen atoms in total. The molecule has 0 heterocycles.